The summed E-state index contributed by atoms with van der Waals surface area (Å²) in [7, 11) is 0. The number of carbonyl (C=O) groups excluding carboxylic acids is 2. The van der Waals surface area contributed by atoms with Gasteiger partial charge in [-0.05, 0) is 54.8 Å². The number of anilines is 2. The quantitative estimate of drug-likeness (QED) is 0.433. The van der Waals surface area contributed by atoms with Crippen molar-refractivity contribution in [2.45, 2.75) is 42.2 Å². The molecule has 6 heteroatoms. The van der Waals surface area contributed by atoms with E-state index in [-0.39, 0.29) is 17.7 Å². The van der Waals surface area contributed by atoms with Crippen molar-refractivity contribution in [3.63, 3.8) is 0 Å². The normalized spacial score (nSPS) is 15.0. The molecule has 0 saturated heterocycles. The highest BCUT2D eigenvalue weighted by molar-refractivity contribution is 8.00. The molecule has 1 aliphatic carbocycles. The maximum absolute atomic E-state index is 13.1. The molecule has 2 aromatic carbocycles. The lowest BCUT2D eigenvalue weighted by Crippen LogP contribution is -2.24. The molecule has 164 valence electrons. The van der Waals surface area contributed by atoms with Gasteiger partial charge in [0.2, 0.25) is 11.8 Å². The van der Waals surface area contributed by atoms with E-state index in [0.717, 1.165) is 41.8 Å². The number of benzene rings is 2. The van der Waals surface area contributed by atoms with E-state index in [2.05, 4.69) is 15.6 Å². The summed E-state index contributed by atoms with van der Waals surface area (Å²) < 4.78 is 0. The lowest BCUT2D eigenvalue weighted by Gasteiger charge is -2.21. The first-order chi connectivity index (χ1) is 15.7. The number of rotatable bonds is 7. The summed E-state index contributed by atoms with van der Waals surface area (Å²) >= 11 is 1.47. The minimum Gasteiger partial charge on any atom is -0.326 e. The van der Waals surface area contributed by atoms with Gasteiger partial charge in [0.1, 0.15) is 11.1 Å². The Kier molecular flexibility index (Phi) is 7.56. The van der Waals surface area contributed by atoms with Crippen molar-refractivity contribution in [3.8, 4) is 0 Å². The zero-order valence-electron chi connectivity index (χ0n) is 17.9. The third kappa shape index (κ3) is 5.98. The highest BCUT2D eigenvalue weighted by Crippen LogP contribution is 2.36. The van der Waals surface area contributed by atoms with E-state index < -0.39 is 5.25 Å². The van der Waals surface area contributed by atoms with Gasteiger partial charge in [0.15, 0.2) is 0 Å². The monoisotopic (exact) mass is 445 g/mol. The van der Waals surface area contributed by atoms with Crippen LogP contribution in [0.5, 0.6) is 0 Å². The minimum atomic E-state index is -0.430. The van der Waals surface area contributed by atoms with Crippen LogP contribution >= 0.6 is 11.8 Å². The van der Waals surface area contributed by atoms with Gasteiger partial charge in [-0.15, -0.1) is 11.8 Å². The molecule has 1 atom stereocenters. The van der Waals surface area contributed by atoms with Crippen LogP contribution in [0.3, 0.4) is 0 Å². The average Bonchev–Trinajstić information content (AvgIpc) is 2.85. The second kappa shape index (κ2) is 11.0. The van der Waals surface area contributed by atoms with Crippen molar-refractivity contribution in [2.75, 3.05) is 10.6 Å². The second-order valence-electron chi connectivity index (χ2n) is 7.96. The maximum atomic E-state index is 13.1. The number of hydrogen-bond donors (Lipinski definition) is 2. The van der Waals surface area contributed by atoms with Crippen LogP contribution in [-0.2, 0) is 9.59 Å². The molecule has 0 bridgehead atoms. The zero-order valence-corrected chi connectivity index (χ0v) is 18.7. The first-order valence-electron chi connectivity index (χ1n) is 11.0. The van der Waals surface area contributed by atoms with E-state index in [0.29, 0.717) is 5.82 Å². The molecule has 2 amide bonds. The third-order valence-electron chi connectivity index (χ3n) is 5.61. The van der Waals surface area contributed by atoms with E-state index >= 15 is 0 Å². The minimum absolute atomic E-state index is 0.113. The van der Waals surface area contributed by atoms with E-state index in [1.54, 1.807) is 12.3 Å². The Morgan fingerprint density at radius 3 is 2.25 bits per heavy atom. The molecule has 3 aromatic rings. The predicted octanol–water partition coefficient (Wildman–Crippen LogP) is 6.07. The molecule has 1 fully saturated rings. The summed E-state index contributed by atoms with van der Waals surface area (Å²) in [6.45, 7) is 0. The van der Waals surface area contributed by atoms with Gasteiger partial charge in [-0.3, -0.25) is 9.59 Å². The number of hydrogen-bond acceptors (Lipinski definition) is 4. The van der Waals surface area contributed by atoms with Crippen molar-refractivity contribution < 1.29 is 9.59 Å². The van der Waals surface area contributed by atoms with Crippen LogP contribution in [0.25, 0.3) is 0 Å². The predicted molar refractivity (Wildman–Crippen MR) is 130 cm³/mol. The Labute approximate surface area is 193 Å². The van der Waals surface area contributed by atoms with Crippen LogP contribution in [0.2, 0.25) is 0 Å². The van der Waals surface area contributed by atoms with Gasteiger partial charge in [0.25, 0.3) is 0 Å². The third-order valence-corrected chi connectivity index (χ3v) is 6.87. The summed E-state index contributed by atoms with van der Waals surface area (Å²) in [4.78, 5) is 30.7. The van der Waals surface area contributed by atoms with E-state index in [1.165, 1.54) is 18.2 Å². The van der Waals surface area contributed by atoms with E-state index in [9.17, 15) is 9.59 Å². The molecule has 0 spiro atoms. The number of amides is 2. The molecule has 1 saturated carbocycles. The molecule has 0 aliphatic heterocycles. The molecule has 32 heavy (non-hydrogen) atoms. The molecule has 1 aliphatic rings. The molecule has 5 nitrogen and oxygen atoms in total. The van der Waals surface area contributed by atoms with Crippen molar-refractivity contribution in [2.24, 2.45) is 5.92 Å². The fraction of sp³-hybridized carbons (Fsp3) is 0.269. The smallest absolute Gasteiger partial charge is 0.243 e. The number of carbonyl (C=O) groups is 2. The molecule has 1 aromatic heterocycles. The molecule has 1 unspecified atom stereocenters. The summed E-state index contributed by atoms with van der Waals surface area (Å²) in [5.41, 5.74) is 1.71. The van der Waals surface area contributed by atoms with Crippen LogP contribution in [0.15, 0.2) is 83.9 Å². The Hall–Kier alpha value is -3.12. The molecule has 0 radical (unpaired) electrons. The van der Waals surface area contributed by atoms with Gasteiger partial charge in [0.05, 0.1) is 0 Å². The summed E-state index contributed by atoms with van der Waals surface area (Å²) in [6, 6.07) is 22.8. The topological polar surface area (TPSA) is 71.1 Å². The first-order valence-corrected chi connectivity index (χ1v) is 11.9. The van der Waals surface area contributed by atoms with Crippen LogP contribution < -0.4 is 10.6 Å². The van der Waals surface area contributed by atoms with Crippen molar-refractivity contribution in [1.29, 1.82) is 0 Å². The number of pyridine rings is 1. The van der Waals surface area contributed by atoms with Gasteiger partial charge in [-0.2, -0.15) is 0 Å². The molecular formula is C26H27N3O2S. The summed E-state index contributed by atoms with van der Waals surface area (Å²) in [6.07, 6.45) is 7.10. The highest BCUT2D eigenvalue weighted by Gasteiger charge is 2.23. The highest BCUT2D eigenvalue weighted by atomic mass is 32.2. The molecule has 1 heterocycles. The number of nitrogens with zero attached hydrogens (tertiary/aromatic N) is 1. The summed E-state index contributed by atoms with van der Waals surface area (Å²) in [5.74, 6) is 0.631. The molecule has 2 N–H and O–H groups in total. The van der Waals surface area contributed by atoms with Gasteiger partial charge in [-0.1, -0.05) is 55.7 Å². The number of thioether (sulfide) groups is 1. The average molecular weight is 446 g/mol. The fourth-order valence-corrected chi connectivity index (χ4v) is 4.92. The Bertz CT molecular complexity index is 1020. The zero-order chi connectivity index (χ0) is 22.2. The van der Waals surface area contributed by atoms with Crippen LogP contribution in [0.4, 0.5) is 11.5 Å². The van der Waals surface area contributed by atoms with Gasteiger partial charge in [-0.25, -0.2) is 4.98 Å². The van der Waals surface area contributed by atoms with E-state index in [1.807, 2.05) is 66.7 Å². The SMILES string of the molecule is O=C(Nc1ccc(SC(C(=O)Nc2ccccn2)c2ccccc2)cc1)C1CCCCC1. The van der Waals surface area contributed by atoms with Gasteiger partial charge >= 0.3 is 0 Å². The van der Waals surface area contributed by atoms with Crippen LogP contribution in [0, 0.1) is 5.92 Å². The van der Waals surface area contributed by atoms with Crippen molar-refractivity contribution in [1.82, 2.24) is 4.98 Å². The maximum Gasteiger partial charge on any atom is 0.243 e. The second-order valence-corrected chi connectivity index (χ2v) is 9.14. The van der Waals surface area contributed by atoms with Gasteiger partial charge in [0, 0.05) is 22.7 Å². The lowest BCUT2D eigenvalue weighted by atomic mass is 9.88. The van der Waals surface area contributed by atoms with E-state index in [4.69, 9.17) is 0 Å². The number of nitrogens with one attached hydrogen (secondary N) is 2. The van der Waals surface area contributed by atoms with Crippen LogP contribution in [0.1, 0.15) is 42.9 Å². The van der Waals surface area contributed by atoms with Crippen molar-refractivity contribution in [3.05, 3.63) is 84.6 Å². The largest absolute Gasteiger partial charge is 0.326 e. The van der Waals surface area contributed by atoms with Crippen molar-refractivity contribution >= 4 is 35.1 Å². The Balaban J connectivity index is 1.44. The summed E-state index contributed by atoms with van der Waals surface area (Å²) in [5, 5.41) is 5.52. The Morgan fingerprint density at radius 1 is 0.844 bits per heavy atom. The first kappa shape index (κ1) is 22.1. The Morgan fingerprint density at radius 2 is 1.56 bits per heavy atom. The number of aromatic nitrogens is 1. The fourth-order valence-electron chi connectivity index (χ4n) is 3.89. The van der Waals surface area contributed by atoms with Crippen LogP contribution in [-0.4, -0.2) is 16.8 Å². The standard InChI is InChI=1S/C26H27N3O2S/c30-25(20-11-5-2-6-12-20)28-21-14-16-22(17-15-21)32-24(19-9-3-1-4-10-19)26(31)29-23-13-7-8-18-27-23/h1,3-4,7-10,13-18,20,24H,2,5-6,11-12H2,(H,28,30)(H,27,29,31). The lowest BCUT2D eigenvalue weighted by molar-refractivity contribution is -0.120. The molecular weight excluding hydrogens is 418 g/mol. The van der Waals surface area contributed by atoms with Gasteiger partial charge < -0.3 is 10.6 Å². The molecule has 4 rings (SSSR count).